The number of nitrogens with one attached hydrogen (secondary N) is 1. The standard InChI is InChI=1S/C18H32N2S/c1-12(2)20-18(9-8-13(3)14(4)10-18)16-19-15(11-21-16)17(5,6)7/h11-14,20H,8-10H2,1-7H3. The molecular formula is C18H32N2S. The van der Waals surface area contributed by atoms with Crippen LogP contribution >= 0.6 is 11.3 Å². The highest BCUT2D eigenvalue weighted by molar-refractivity contribution is 7.09. The number of aromatic nitrogens is 1. The molecule has 3 atom stereocenters. The van der Waals surface area contributed by atoms with Crippen molar-refractivity contribution in [3.05, 3.63) is 16.1 Å². The summed E-state index contributed by atoms with van der Waals surface area (Å²) in [5, 5.41) is 7.45. The Labute approximate surface area is 134 Å². The van der Waals surface area contributed by atoms with E-state index in [9.17, 15) is 0 Å². The van der Waals surface area contributed by atoms with E-state index >= 15 is 0 Å². The van der Waals surface area contributed by atoms with E-state index in [4.69, 9.17) is 4.98 Å². The van der Waals surface area contributed by atoms with Gasteiger partial charge in [-0.15, -0.1) is 11.3 Å². The second-order valence-corrected chi connectivity index (χ2v) is 9.22. The zero-order valence-corrected chi connectivity index (χ0v) is 15.6. The number of nitrogens with zero attached hydrogens (tertiary/aromatic N) is 1. The largest absolute Gasteiger partial charge is 0.303 e. The Hall–Kier alpha value is -0.410. The Morgan fingerprint density at radius 2 is 1.95 bits per heavy atom. The molecule has 1 aromatic rings. The van der Waals surface area contributed by atoms with Crippen LogP contribution < -0.4 is 5.32 Å². The fraction of sp³-hybridized carbons (Fsp3) is 0.833. The van der Waals surface area contributed by atoms with E-state index in [0.717, 1.165) is 11.8 Å². The zero-order valence-electron chi connectivity index (χ0n) is 14.8. The van der Waals surface area contributed by atoms with Gasteiger partial charge >= 0.3 is 0 Å². The molecule has 0 bridgehead atoms. The van der Waals surface area contributed by atoms with Gasteiger partial charge in [0.25, 0.3) is 0 Å². The van der Waals surface area contributed by atoms with Crippen LogP contribution in [0.25, 0.3) is 0 Å². The topological polar surface area (TPSA) is 24.9 Å². The predicted octanol–water partition coefficient (Wildman–Crippen LogP) is 5.09. The van der Waals surface area contributed by atoms with Crippen molar-refractivity contribution in [2.24, 2.45) is 11.8 Å². The van der Waals surface area contributed by atoms with Crippen LogP contribution in [-0.2, 0) is 11.0 Å². The van der Waals surface area contributed by atoms with Gasteiger partial charge < -0.3 is 5.32 Å². The van der Waals surface area contributed by atoms with E-state index in [2.05, 4.69) is 59.2 Å². The molecule has 1 saturated carbocycles. The number of hydrogen-bond acceptors (Lipinski definition) is 3. The van der Waals surface area contributed by atoms with Crippen LogP contribution in [0.3, 0.4) is 0 Å². The second kappa shape index (κ2) is 6.00. The third kappa shape index (κ3) is 3.68. The highest BCUT2D eigenvalue weighted by Crippen LogP contribution is 2.44. The van der Waals surface area contributed by atoms with Crippen molar-refractivity contribution in [3.63, 3.8) is 0 Å². The minimum atomic E-state index is 0.0915. The van der Waals surface area contributed by atoms with E-state index in [1.54, 1.807) is 0 Å². The SMILES string of the molecule is CC(C)NC1(c2nc(C(C)(C)C)cs2)CCC(C)C(C)C1. The molecular weight excluding hydrogens is 276 g/mol. The van der Waals surface area contributed by atoms with Gasteiger partial charge in [0.15, 0.2) is 0 Å². The quantitative estimate of drug-likeness (QED) is 0.841. The fourth-order valence-corrected chi connectivity index (χ4v) is 4.64. The van der Waals surface area contributed by atoms with Crippen LogP contribution in [0.4, 0.5) is 0 Å². The Balaban J connectivity index is 2.34. The normalized spacial score (nSPS) is 30.9. The molecule has 1 heterocycles. The van der Waals surface area contributed by atoms with Gasteiger partial charge in [-0.05, 0) is 44.9 Å². The number of rotatable bonds is 3. The lowest BCUT2D eigenvalue weighted by Crippen LogP contribution is -2.50. The molecule has 1 aliphatic rings. The van der Waals surface area contributed by atoms with Gasteiger partial charge in [-0.3, -0.25) is 0 Å². The van der Waals surface area contributed by atoms with Gasteiger partial charge in [-0.25, -0.2) is 4.98 Å². The first-order valence-corrected chi connectivity index (χ1v) is 9.26. The van der Waals surface area contributed by atoms with Crippen LogP contribution in [-0.4, -0.2) is 11.0 Å². The van der Waals surface area contributed by atoms with Crippen molar-refractivity contribution in [2.45, 2.75) is 84.7 Å². The molecule has 1 fully saturated rings. The maximum Gasteiger partial charge on any atom is 0.113 e. The molecule has 0 amide bonds. The van der Waals surface area contributed by atoms with E-state index in [1.165, 1.54) is 30.0 Å². The van der Waals surface area contributed by atoms with Gasteiger partial charge in [0.2, 0.25) is 0 Å². The molecule has 1 N–H and O–H groups in total. The van der Waals surface area contributed by atoms with Crippen LogP contribution in [0, 0.1) is 11.8 Å². The van der Waals surface area contributed by atoms with Crippen LogP contribution in [0.1, 0.15) is 78.4 Å². The Morgan fingerprint density at radius 1 is 1.29 bits per heavy atom. The fourth-order valence-electron chi connectivity index (χ4n) is 3.39. The molecule has 1 aliphatic carbocycles. The Morgan fingerprint density at radius 3 is 2.43 bits per heavy atom. The summed E-state index contributed by atoms with van der Waals surface area (Å²) < 4.78 is 0. The molecule has 21 heavy (non-hydrogen) atoms. The smallest absolute Gasteiger partial charge is 0.113 e. The van der Waals surface area contributed by atoms with Crippen molar-refractivity contribution in [2.75, 3.05) is 0 Å². The molecule has 0 aliphatic heterocycles. The third-order valence-electron chi connectivity index (χ3n) is 4.92. The third-order valence-corrected chi connectivity index (χ3v) is 5.96. The number of thiazole rings is 1. The van der Waals surface area contributed by atoms with Crippen LogP contribution in [0.15, 0.2) is 5.38 Å². The molecule has 2 rings (SSSR count). The molecule has 2 nitrogen and oxygen atoms in total. The van der Waals surface area contributed by atoms with Crippen molar-refractivity contribution in [1.29, 1.82) is 0 Å². The molecule has 0 radical (unpaired) electrons. The summed E-state index contributed by atoms with van der Waals surface area (Å²) in [6.07, 6.45) is 3.72. The minimum Gasteiger partial charge on any atom is -0.303 e. The average molecular weight is 309 g/mol. The van der Waals surface area contributed by atoms with Crippen LogP contribution in [0.2, 0.25) is 0 Å². The average Bonchev–Trinajstić information content (AvgIpc) is 2.83. The summed E-state index contributed by atoms with van der Waals surface area (Å²) in [6.45, 7) is 16.1. The highest BCUT2D eigenvalue weighted by atomic mass is 32.1. The van der Waals surface area contributed by atoms with Gasteiger partial charge in [0.05, 0.1) is 11.2 Å². The summed E-state index contributed by atoms with van der Waals surface area (Å²) in [7, 11) is 0. The maximum absolute atomic E-state index is 5.05. The molecule has 3 heteroatoms. The summed E-state index contributed by atoms with van der Waals surface area (Å²) in [4.78, 5) is 5.05. The Kier molecular flexibility index (Phi) is 4.84. The first-order valence-electron chi connectivity index (χ1n) is 8.38. The molecule has 0 saturated heterocycles. The first kappa shape index (κ1) is 17.0. The molecule has 120 valence electrons. The van der Waals surface area contributed by atoms with Crippen molar-refractivity contribution in [3.8, 4) is 0 Å². The monoisotopic (exact) mass is 308 g/mol. The zero-order chi connectivity index (χ0) is 15.8. The van der Waals surface area contributed by atoms with Gasteiger partial charge in [-0.2, -0.15) is 0 Å². The van der Waals surface area contributed by atoms with Crippen molar-refractivity contribution >= 4 is 11.3 Å². The van der Waals surface area contributed by atoms with E-state index < -0.39 is 0 Å². The summed E-state index contributed by atoms with van der Waals surface area (Å²) in [5.74, 6) is 1.58. The highest BCUT2D eigenvalue weighted by Gasteiger charge is 2.42. The second-order valence-electron chi connectivity index (χ2n) is 8.37. The van der Waals surface area contributed by atoms with Crippen LogP contribution in [0.5, 0.6) is 0 Å². The summed E-state index contributed by atoms with van der Waals surface area (Å²) in [6, 6.07) is 0.493. The van der Waals surface area contributed by atoms with Gasteiger partial charge in [0, 0.05) is 16.8 Å². The molecule has 0 spiro atoms. The lowest BCUT2D eigenvalue weighted by molar-refractivity contribution is 0.131. The number of hydrogen-bond donors (Lipinski definition) is 1. The summed E-state index contributed by atoms with van der Waals surface area (Å²) >= 11 is 1.85. The summed E-state index contributed by atoms with van der Waals surface area (Å²) in [5.41, 5.74) is 1.47. The molecule has 3 unspecified atom stereocenters. The van der Waals surface area contributed by atoms with Gasteiger partial charge in [0.1, 0.15) is 5.01 Å². The first-order chi connectivity index (χ1) is 9.64. The van der Waals surface area contributed by atoms with Crippen molar-refractivity contribution in [1.82, 2.24) is 10.3 Å². The Bertz CT molecular complexity index is 472. The lowest BCUT2D eigenvalue weighted by Gasteiger charge is -2.43. The predicted molar refractivity (Wildman–Crippen MR) is 92.9 cm³/mol. The maximum atomic E-state index is 5.05. The van der Waals surface area contributed by atoms with E-state index in [-0.39, 0.29) is 11.0 Å². The van der Waals surface area contributed by atoms with E-state index in [1.807, 2.05) is 11.3 Å². The van der Waals surface area contributed by atoms with E-state index in [0.29, 0.717) is 6.04 Å². The lowest BCUT2D eigenvalue weighted by atomic mass is 9.71. The minimum absolute atomic E-state index is 0.0915. The molecule has 1 aromatic heterocycles. The molecule has 0 aromatic carbocycles. The van der Waals surface area contributed by atoms with Gasteiger partial charge in [-0.1, -0.05) is 34.6 Å². The van der Waals surface area contributed by atoms with Crippen molar-refractivity contribution < 1.29 is 0 Å².